The summed E-state index contributed by atoms with van der Waals surface area (Å²) >= 11 is 3.50. The van der Waals surface area contributed by atoms with E-state index in [0.717, 1.165) is 30.7 Å². The predicted octanol–water partition coefficient (Wildman–Crippen LogP) is 3.66. The van der Waals surface area contributed by atoms with Gasteiger partial charge in [0.05, 0.1) is 6.54 Å². The van der Waals surface area contributed by atoms with Gasteiger partial charge < -0.3 is 10.2 Å². The van der Waals surface area contributed by atoms with Gasteiger partial charge in [0.25, 0.3) is 0 Å². The van der Waals surface area contributed by atoms with Crippen LogP contribution in [-0.4, -0.2) is 43.5 Å². The Morgan fingerprint density at radius 2 is 1.92 bits per heavy atom. The second-order valence-electron chi connectivity index (χ2n) is 6.26. The molecule has 0 atom stereocenters. The van der Waals surface area contributed by atoms with Gasteiger partial charge >= 0.3 is 0 Å². The van der Waals surface area contributed by atoms with Gasteiger partial charge in [0.15, 0.2) is 0 Å². The summed E-state index contributed by atoms with van der Waals surface area (Å²) in [7, 11) is 0. The number of carbonyl (C=O) groups is 1. The summed E-state index contributed by atoms with van der Waals surface area (Å²) < 4.78 is 14.6. The van der Waals surface area contributed by atoms with Gasteiger partial charge in [0.1, 0.15) is 5.82 Å². The number of hydrogen-bond donors (Lipinski definition) is 1. The fraction of sp³-hybridized carbons (Fsp3) is 0.316. The van der Waals surface area contributed by atoms with E-state index in [2.05, 4.69) is 43.2 Å². The van der Waals surface area contributed by atoms with Crippen molar-refractivity contribution in [2.75, 3.05) is 42.9 Å². The van der Waals surface area contributed by atoms with Gasteiger partial charge in [-0.15, -0.1) is 0 Å². The highest BCUT2D eigenvalue weighted by Gasteiger charge is 2.19. The van der Waals surface area contributed by atoms with E-state index in [0.29, 0.717) is 17.8 Å². The molecule has 0 spiro atoms. The van der Waals surface area contributed by atoms with E-state index in [1.54, 1.807) is 19.1 Å². The number of hydrogen-bond acceptors (Lipinski definition) is 3. The third kappa shape index (κ3) is 4.80. The third-order valence-electron chi connectivity index (χ3n) is 4.37. The molecule has 1 amide bonds. The van der Waals surface area contributed by atoms with E-state index in [1.807, 2.05) is 12.1 Å². The van der Waals surface area contributed by atoms with Crippen molar-refractivity contribution in [2.45, 2.75) is 6.92 Å². The monoisotopic (exact) mass is 405 g/mol. The molecule has 4 nitrogen and oxygen atoms in total. The van der Waals surface area contributed by atoms with Gasteiger partial charge in [-0.1, -0.05) is 28.1 Å². The predicted molar refractivity (Wildman–Crippen MR) is 103 cm³/mol. The third-order valence-corrected chi connectivity index (χ3v) is 4.86. The molecule has 1 aliphatic heterocycles. The average Bonchev–Trinajstić information content (AvgIpc) is 2.59. The van der Waals surface area contributed by atoms with Crippen molar-refractivity contribution in [1.29, 1.82) is 0 Å². The van der Waals surface area contributed by atoms with Crippen molar-refractivity contribution in [1.82, 2.24) is 4.90 Å². The van der Waals surface area contributed by atoms with Crippen LogP contribution < -0.4 is 10.2 Å². The Kier molecular flexibility index (Phi) is 5.71. The summed E-state index contributed by atoms with van der Waals surface area (Å²) in [6.07, 6.45) is 0. The van der Waals surface area contributed by atoms with Crippen LogP contribution in [0.1, 0.15) is 5.56 Å². The fourth-order valence-corrected chi connectivity index (χ4v) is 3.30. The first-order valence-corrected chi connectivity index (χ1v) is 9.09. The van der Waals surface area contributed by atoms with Gasteiger partial charge in [-0.3, -0.25) is 9.69 Å². The largest absolute Gasteiger partial charge is 0.369 e. The standard InChI is InChI=1S/C19H21BrFN3O/c1-14-5-6-16(12-18(14)21)22-19(25)13-23-7-9-24(10-8-23)17-4-2-3-15(20)11-17/h2-6,11-12H,7-10,13H2,1H3,(H,22,25). The summed E-state index contributed by atoms with van der Waals surface area (Å²) in [5.41, 5.74) is 2.26. The van der Waals surface area contributed by atoms with Gasteiger partial charge in [0, 0.05) is 42.0 Å². The maximum atomic E-state index is 13.6. The molecule has 2 aromatic carbocycles. The van der Waals surface area contributed by atoms with Crippen molar-refractivity contribution in [3.05, 3.63) is 58.3 Å². The minimum Gasteiger partial charge on any atom is -0.369 e. The highest BCUT2D eigenvalue weighted by molar-refractivity contribution is 9.10. The highest BCUT2D eigenvalue weighted by Crippen LogP contribution is 2.21. The molecule has 6 heteroatoms. The van der Waals surface area contributed by atoms with Crippen LogP contribution in [0, 0.1) is 12.7 Å². The molecule has 1 heterocycles. The first kappa shape index (κ1) is 17.9. The summed E-state index contributed by atoms with van der Waals surface area (Å²) in [6, 6.07) is 13.0. The van der Waals surface area contributed by atoms with Crippen LogP contribution in [0.5, 0.6) is 0 Å². The Labute approximate surface area is 155 Å². The normalized spacial score (nSPS) is 15.2. The zero-order valence-electron chi connectivity index (χ0n) is 14.1. The lowest BCUT2D eigenvalue weighted by molar-refractivity contribution is -0.117. The number of nitrogens with one attached hydrogen (secondary N) is 1. The molecular formula is C19H21BrFN3O. The van der Waals surface area contributed by atoms with Crippen LogP contribution in [-0.2, 0) is 4.79 Å². The van der Waals surface area contributed by atoms with Gasteiger partial charge in [-0.05, 0) is 42.8 Å². The molecule has 0 saturated carbocycles. The molecule has 1 N–H and O–H groups in total. The first-order chi connectivity index (χ1) is 12.0. The van der Waals surface area contributed by atoms with E-state index >= 15 is 0 Å². The Morgan fingerprint density at radius 1 is 1.16 bits per heavy atom. The molecule has 3 rings (SSSR count). The highest BCUT2D eigenvalue weighted by atomic mass is 79.9. The summed E-state index contributed by atoms with van der Waals surface area (Å²) in [5.74, 6) is -0.417. The molecule has 2 aromatic rings. The van der Waals surface area contributed by atoms with Crippen molar-refractivity contribution in [3.8, 4) is 0 Å². The number of amides is 1. The van der Waals surface area contributed by atoms with Crippen molar-refractivity contribution in [3.63, 3.8) is 0 Å². The molecule has 0 radical (unpaired) electrons. The molecular weight excluding hydrogens is 385 g/mol. The molecule has 1 aliphatic rings. The number of benzene rings is 2. The number of piperazine rings is 1. The molecule has 1 saturated heterocycles. The van der Waals surface area contributed by atoms with E-state index in [1.165, 1.54) is 11.8 Å². The summed E-state index contributed by atoms with van der Waals surface area (Å²) in [5, 5.41) is 2.77. The number of nitrogens with zero attached hydrogens (tertiary/aromatic N) is 2. The Bertz CT molecular complexity index is 760. The maximum absolute atomic E-state index is 13.6. The Morgan fingerprint density at radius 3 is 2.60 bits per heavy atom. The van der Waals surface area contributed by atoms with Gasteiger partial charge in [-0.25, -0.2) is 4.39 Å². The summed E-state index contributed by atoms with van der Waals surface area (Å²) in [6.45, 7) is 5.42. The van der Waals surface area contributed by atoms with Crippen molar-refractivity contribution >= 4 is 33.2 Å². The molecule has 0 aliphatic carbocycles. The number of halogens is 2. The van der Waals surface area contributed by atoms with Gasteiger partial charge in [-0.2, -0.15) is 0 Å². The van der Waals surface area contributed by atoms with E-state index in [9.17, 15) is 9.18 Å². The maximum Gasteiger partial charge on any atom is 0.238 e. The Hall–Kier alpha value is -1.92. The minimum absolute atomic E-state index is 0.112. The molecule has 0 bridgehead atoms. The quantitative estimate of drug-likeness (QED) is 0.842. The second-order valence-corrected chi connectivity index (χ2v) is 7.17. The molecule has 25 heavy (non-hydrogen) atoms. The zero-order valence-corrected chi connectivity index (χ0v) is 15.7. The smallest absolute Gasteiger partial charge is 0.238 e. The number of rotatable bonds is 4. The fourth-order valence-electron chi connectivity index (χ4n) is 2.91. The van der Waals surface area contributed by atoms with Crippen molar-refractivity contribution in [2.24, 2.45) is 0 Å². The van der Waals surface area contributed by atoms with Crippen LogP contribution in [0.25, 0.3) is 0 Å². The lowest BCUT2D eigenvalue weighted by Crippen LogP contribution is -2.48. The zero-order chi connectivity index (χ0) is 17.8. The van der Waals surface area contributed by atoms with E-state index in [-0.39, 0.29) is 11.7 Å². The molecule has 0 aromatic heterocycles. The Balaban J connectivity index is 1.50. The van der Waals surface area contributed by atoms with Crippen LogP contribution in [0.3, 0.4) is 0 Å². The topological polar surface area (TPSA) is 35.6 Å². The van der Waals surface area contributed by atoms with Gasteiger partial charge in [0.2, 0.25) is 5.91 Å². The molecule has 0 unspecified atom stereocenters. The molecule has 1 fully saturated rings. The first-order valence-electron chi connectivity index (χ1n) is 8.30. The van der Waals surface area contributed by atoms with E-state index in [4.69, 9.17) is 0 Å². The van der Waals surface area contributed by atoms with Crippen LogP contribution in [0.15, 0.2) is 46.9 Å². The lowest BCUT2D eigenvalue weighted by atomic mass is 10.2. The number of carbonyl (C=O) groups excluding carboxylic acids is 1. The van der Waals surface area contributed by atoms with Crippen LogP contribution >= 0.6 is 15.9 Å². The number of anilines is 2. The SMILES string of the molecule is Cc1ccc(NC(=O)CN2CCN(c3cccc(Br)c3)CC2)cc1F. The van der Waals surface area contributed by atoms with Crippen LogP contribution in [0.2, 0.25) is 0 Å². The molecule has 132 valence electrons. The average molecular weight is 406 g/mol. The van der Waals surface area contributed by atoms with Crippen molar-refractivity contribution < 1.29 is 9.18 Å². The lowest BCUT2D eigenvalue weighted by Gasteiger charge is -2.35. The summed E-state index contributed by atoms with van der Waals surface area (Å²) in [4.78, 5) is 16.6. The second kappa shape index (κ2) is 7.97. The minimum atomic E-state index is -0.305. The van der Waals surface area contributed by atoms with E-state index < -0.39 is 0 Å². The number of aryl methyl sites for hydroxylation is 1. The van der Waals surface area contributed by atoms with Crippen LogP contribution in [0.4, 0.5) is 15.8 Å².